The second kappa shape index (κ2) is 4.57. The van der Waals surface area contributed by atoms with E-state index in [-0.39, 0.29) is 0 Å². The minimum Gasteiger partial charge on any atom is -0.316 e. The number of nitrogens with one attached hydrogen (secondary N) is 1. The summed E-state index contributed by atoms with van der Waals surface area (Å²) < 4.78 is 0. The van der Waals surface area contributed by atoms with Crippen LogP contribution in [0.3, 0.4) is 0 Å². The Morgan fingerprint density at radius 3 is 1.88 bits per heavy atom. The molecule has 100 valence electrons. The fourth-order valence-corrected chi connectivity index (χ4v) is 3.81. The Bertz CT molecular complexity index is 245. The number of hydrogen-bond donors (Lipinski definition) is 1. The highest BCUT2D eigenvalue weighted by Gasteiger charge is 2.63. The van der Waals surface area contributed by atoms with Crippen LogP contribution in [-0.4, -0.2) is 13.1 Å². The molecule has 2 rings (SSSR count). The molecule has 0 spiro atoms. The summed E-state index contributed by atoms with van der Waals surface area (Å²) >= 11 is 0. The van der Waals surface area contributed by atoms with Crippen molar-refractivity contribution in [2.75, 3.05) is 13.1 Å². The standard InChI is InChI=1S/C16H31N/c1-12-6-8-13(9-7-12)10-17-11-14-15(2,3)16(14,4)5/h12-14,17H,6-11H2,1-5H3. The molecule has 0 bridgehead atoms. The summed E-state index contributed by atoms with van der Waals surface area (Å²) in [6.45, 7) is 14.6. The van der Waals surface area contributed by atoms with Crippen LogP contribution in [0.1, 0.15) is 60.3 Å². The molecule has 17 heavy (non-hydrogen) atoms. The van der Waals surface area contributed by atoms with Gasteiger partial charge in [-0.05, 0) is 54.5 Å². The van der Waals surface area contributed by atoms with Gasteiger partial charge in [-0.1, -0.05) is 47.5 Å². The van der Waals surface area contributed by atoms with Gasteiger partial charge in [0.2, 0.25) is 0 Å². The molecule has 0 radical (unpaired) electrons. The summed E-state index contributed by atoms with van der Waals surface area (Å²) in [7, 11) is 0. The molecule has 2 aliphatic rings. The Hall–Kier alpha value is -0.0400. The first-order valence-corrected chi connectivity index (χ1v) is 7.56. The van der Waals surface area contributed by atoms with Crippen molar-refractivity contribution in [2.24, 2.45) is 28.6 Å². The van der Waals surface area contributed by atoms with Gasteiger partial charge in [0.15, 0.2) is 0 Å². The third-order valence-corrected chi connectivity index (χ3v) is 6.24. The van der Waals surface area contributed by atoms with E-state index < -0.39 is 0 Å². The van der Waals surface area contributed by atoms with E-state index >= 15 is 0 Å². The fourth-order valence-electron chi connectivity index (χ4n) is 3.81. The van der Waals surface area contributed by atoms with Gasteiger partial charge < -0.3 is 5.32 Å². The lowest BCUT2D eigenvalue weighted by molar-refractivity contribution is 0.279. The third kappa shape index (κ3) is 2.54. The molecule has 0 aliphatic heterocycles. The van der Waals surface area contributed by atoms with Crippen molar-refractivity contribution in [3.63, 3.8) is 0 Å². The first kappa shape index (κ1) is 13.4. The average molecular weight is 237 g/mol. The van der Waals surface area contributed by atoms with Crippen LogP contribution in [0.2, 0.25) is 0 Å². The Labute approximate surface area is 108 Å². The van der Waals surface area contributed by atoms with E-state index in [1.54, 1.807) is 0 Å². The van der Waals surface area contributed by atoms with E-state index in [1.807, 2.05) is 0 Å². The molecule has 0 aromatic rings. The molecule has 0 heterocycles. The van der Waals surface area contributed by atoms with Gasteiger partial charge in [0.25, 0.3) is 0 Å². The predicted octanol–water partition coefficient (Wildman–Crippen LogP) is 4.08. The molecule has 2 saturated carbocycles. The van der Waals surface area contributed by atoms with Crippen molar-refractivity contribution in [1.82, 2.24) is 5.32 Å². The molecule has 2 fully saturated rings. The number of hydrogen-bond acceptors (Lipinski definition) is 1. The molecule has 1 N–H and O–H groups in total. The average Bonchev–Trinajstić information content (AvgIpc) is 2.63. The molecule has 0 unspecified atom stereocenters. The summed E-state index contributed by atoms with van der Waals surface area (Å²) in [6, 6.07) is 0. The molecular formula is C16H31N. The monoisotopic (exact) mass is 237 g/mol. The highest BCUT2D eigenvalue weighted by atomic mass is 14.9. The maximum absolute atomic E-state index is 3.74. The second-order valence-corrected chi connectivity index (χ2v) is 7.78. The summed E-state index contributed by atoms with van der Waals surface area (Å²) in [6.07, 6.45) is 5.80. The lowest BCUT2D eigenvalue weighted by Crippen LogP contribution is -2.28. The van der Waals surface area contributed by atoms with Gasteiger partial charge in [0.05, 0.1) is 0 Å². The van der Waals surface area contributed by atoms with Crippen LogP contribution in [0, 0.1) is 28.6 Å². The minimum absolute atomic E-state index is 0.543. The van der Waals surface area contributed by atoms with Gasteiger partial charge in [-0.3, -0.25) is 0 Å². The van der Waals surface area contributed by atoms with Crippen LogP contribution < -0.4 is 5.32 Å². The lowest BCUT2D eigenvalue weighted by Gasteiger charge is -2.26. The van der Waals surface area contributed by atoms with Crippen LogP contribution in [0.4, 0.5) is 0 Å². The van der Waals surface area contributed by atoms with E-state index in [0.717, 1.165) is 17.8 Å². The van der Waals surface area contributed by atoms with Gasteiger partial charge in [-0.15, -0.1) is 0 Å². The normalized spacial score (nSPS) is 35.8. The van der Waals surface area contributed by atoms with Crippen molar-refractivity contribution in [2.45, 2.75) is 60.3 Å². The van der Waals surface area contributed by atoms with Crippen molar-refractivity contribution in [3.8, 4) is 0 Å². The SMILES string of the molecule is CC1CCC(CNCC2C(C)(C)C2(C)C)CC1. The van der Waals surface area contributed by atoms with E-state index in [0.29, 0.717) is 10.8 Å². The Morgan fingerprint density at radius 1 is 0.882 bits per heavy atom. The zero-order valence-electron chi connectivity index (χ0n) is 12.5. The van der Waals surface area contributed by atoms with Crippen LogP contribution >= 0.6 is 0 Å². The zero-order chi connectivity index (χ0) is 12.7. The van der Waals surface area contributed by atoms with Gasteiger partial charge in [0, 0.05) is 0 Å². The predicted molar refractivity (Wildman–Crippen MR) is 75.0 cm³/mol. The fraction of sp³-hybridized carbons (Fsp3) is 1.00. The smallest absolute Gasteiger partial charge is 0.000977 e. The highest BCUT2D eigenvalue weighted by Crippen LogP contribution is 2.67. The zero-order valence-corrected chi connectivity index (χ0v) is 12.5. The molecule has 0 atom stereocenters. The molecule has 0 aromatic carbocycles. The quantitative estimate of drug-likeness (QED) is 0.776. The van der Waals surface area contributed by atoms with Gasteiger partial charge in [-0.25, -0.2) is 0 Å². The topological polar surface area (TPSA) is 12.0 Å². The summed E-state index contributed by atoms with van der Waals surface area (Å²) in [5, 5.41) is 3.74. The molecule has 1 heteroatoms. The maximum Gasteiger partial charge on any atom is -0.000977 e. The summed E-state index contributed by atoms with van der Waals surface area (Å²) in [4.78, 5) is 0. The maximum atomic E-state index is 3.74. The summed E-state index contributed by atoms with van der Waals surface area (Å²) in [5.74, 6) is 2.81. The largest absolute Gasteiger partial charge is 0.316 e. The molecular weight excluding hydrogens is 206 g/mol. The van der Waals surface area contributed by atoms with E-state index in [2.05, 4.69) is 39.9 Å². The Kier molecular flexibility index (Phi) is 3.60. The first-order valence-electron chi connectivity index (χ1n) is 7.56. The van der Waals surface area contributed by atoms with E-state index in [1.165, 1.54) is 38.8 Å². The van der Waals surface area contributed by atoms with Crippen molar-refractivity contribution < 1.29 is 0 Å². The Morgan fingerprint density at radius 2 is 1.41 bits per heavy atom. The molecule has 0 saturated heterocycles. The van der Waals surface area contributed by atoms with Crippen molar-refractivity contribution in [1.29, 1.82) is 0 Å². The second-order valence-electron chi connectivity index (χ2n) is 7.78. The van der Waals surface area contributed by atoms with Gasteiger partial charge in [0.1, 0.15) is 0 Å². The van der Waals surface area contributed by atoms with Crippen molar-refractivity contribution >= 4 is 0 Å². The van der Waals surface area contributed by atoms with Gasteiger partial charge >= 0.3 is 0 Å². The van der Waals surface area contributed by atoms with Crippen LogP contribution in [0.15, 0.2) is 0 Å². The van der Waals surface area contributed by atoms with Crippen LogP contribution in [0.25, 0.3) is 0 Å². The van der Waals surface area contributed by atoms with Crippen LogP contribution in [-0.2, 0) is 0 Å². The van der Waals surface area contributed by atoms with Crippen molar-refractivity contribution in [3.05, 3.63) is 0 Å². The van der Waals surface area contributed by atoms with Gasteiger partial charge in [-0.2, -0.15) is 0 Å². The van der Waals surface area contributed by atoms with Crippen LogP contribution in [0.5, 0.6) is 0 Å². The summed E-state index contributed by atoms with van der Waals surface area (Å²) in [5.41, 5.74) is 1.09. The number of rotatable bonds is 4. The molecule has 2 aliphatic carbocycles. The first-order chi connectivity index (χ1) is 7.85. The van der Waals surface area contributed by atoms with E-state index in [4.69, 9.17) is 0 Å². The highest BCUT2D eigenvalue weighted by molar-refractivity contribution is 5.12. The minimum atomic E-state index is 0.543. The lowest BCUT2D eigenvalue weighted by atomic mass is 9.83. The van der Waals surface area contributed by atoms with E-state index in [9.17, 15) is 0 Å². The molecule has 0 aromatic heterocycles. The molecule has 1 nitrogen and oxygen atoms in total. The Balaban J connectivity index is 1.65. The third-order valence-electron chi connectivity index (χ3n) is 6.24. The molecule has 0 amide bonds.